The topological polar surface area (TPSA) is 81.1 Å². The number of carbonyl (C=O) groups excluding carboxylic acids is 2. The molecular weight excluding hydrogens is 489 g/mol. The molecular formula is C26H21ClFN3O3S. The fourth-order valence-corrected chi connectivity index (χ4v) is 4.53. The first kappa shape index (κ1) is 24.6. The van der Waals surface area contributed by atoms with Crippen molar-refractivity contribution in [3.05, 3.63) is 99.1 Å². The minimum Gasteiger partial charge on any atom is -0.352 e. The van der Waals surface area contributed by atoms with Crippen molar-refractivity contribution >= 4 is 46.0 Å². The average molecular weight is 510 g/mol. The second kappa shape index (κ2) is 10.8. The highest BCUT2D eigenvalue weighted by atomic mass is 35.5. The van der Waals surface area contributed by atoms with E-state index in [9.17, 15) is 18.8 Å². The van der Waals surface area contributed by atoms with E-state index >= 15 is 0 Å². The van der Waals surface area contributed by atoms with Crippen LogP contribution in [0, 0.1) is 5.82 Å². The number of hydrogen-bond acceptors (Lipinski definition) is 5. The lowest BCUT2D eigenvalue weighted by Gasteiger charge is -2.14. The zero-order valence-electron chi connectivity index (χ0n) is 18.8. The summed E-state index contributed by atoms with van der Waals surface area (Å²) >= 11 is 7.08. The summed E-state index contributed by atoms with van der Waals surface area (Å²) in [7, 11) is 0. The van der Waals surface area contributed by atoms with Crippen LogP contribution in [0.25, 0.3) is 16.6 Å². The predicted molar refractivity (Wildman–Crippen MR) is 136 cm³/mol. The molecule has 9 heteroatoms. The van der Waals surface area contributed by atoms with Crippen LogP contribution >= 0.6 is 23.4 Å². The SMILES string of the molecule is CCCNC(=O)c1ccc2c(=O)n(-c3ccc(F)cc3)c(SCC(=O)c3cccc(Cl)c3)nc2c1. The van der Waals surface area contributed by atoms with Gasteiger partial charge in [0.15, 0.2) is 10.9 Å². The van der Waals surface area contributed by atoms with Gasteiger partial charge in [0.1, 0.15) is 5.82 Å². The van der Waals surface area contributed by atoms with Crippen LogP contribution < -0.4 is 10.9 Å². The third-order valence-electron chi connectivity index (χ3n) is 5.20. The molecule has 4 rings (SSSR count). The quantitative estimate of drug-likeness (QED) is 0.198. The number of Topliss-reactive ketones (excluding diaryl/α,β-unsaturated/α-hetero) is 1. The van der Waals surface area contributed by atoms with Gasteiger partial charge in [0.25, 0.3) is 11.5 Å². The Hall–Kier alpha value is -3.49. The van der Waals surface area contributed by atoms with Crippen molar-refractivity contribution < 1.29 is 14.0 Å². The van der Waals surface area contributed by atoms with E-state index < -0.39 is 5.82 Å². The van der Waals surface area contributed by atoms with Crippen molar-refractivity contribution in [1.82, 2.24) is 14.9 Å². The summed E-state index contributed by atoms with van der Waals surface area (Å²) in [6, 6.07) is 16.7. The highest BCUT2D eigenvalue weighted by Crippen LogP contribution is 2.24. The molecule has 0 unspecified atom stereocenters. The molecule has 1 N–H and O–H groups in total. The Morgan fingerprint density at radius 3 is 2.54 bits per heavy atom. The first-order valence-corrected chi connectivity index (χ1v) is 12.3. The van der Waals surface area contributed by atoms with Crippen molar-refractivity contribution in [3.8, 4) is 5.69 Å². The molecule has 178 valence electrons. The molecule has 0 saturated carbocycles. The van der Waals surface area contributed by atoms with Gasteiger partial charge in [-0.25, -0.2) is 9.37 Å². The molecule has 0 aliphatic carbocycles. The summed E-state index contributed by atoms with van der Waals surface area (Å²) in [6.45, 7) is 2.48. The monoisotopic (exact) mass is 509 g/mol. The van der Waals surface area contributed by atoms with Crippen LogP contribution in [0.5, 0.6) is 0 Å². The molecule has 0 aliphatic heterocycles. The number of nitrogens with zero attached hydrogens (tertiary/aromatic N) is 2. The fraction of sp³-hybridized carbons (Fsp3) is 0.154. The number of ketones is 1. The zero-order valence-corrected chi connectivity index (χ0v) is 20.3. The number of amides is 1. The van der Waals surface area contributed by atoms with Crippen LogP contribution in [0.1, 0.15) is 34.1 Å². The summed E-state index contributed by atoms with van der Waals surface area (Å²) in [5, 5.41) is 3.79. The molecule has 0 aliphatic rings. The molecule has 35 heavy (non-hydrogen) atoms. The number of aromatic nitrogens is 2. The van der Waals surface area contributed by atoms with E-state index in [0.29, 0.717) is 39.3 Å². The third kappa shape index (κ3) is 5.61. The largest absolute Gasteiger partial charge is 0.352 e. The Labute approximate surface area is 210 Å². The van der Waals surface area contributed by atoms with Crippen molar-refractivity contribution in [2.75, 3.05) is 12.3 Å². The zero-order chi connectivity index (χ0) is 24.9. The van der Waals surface area contributed by atoms with Crippen LogP contribution in [0.3, 0.4) is 0 Å². The van der Waals surface area contributed by atoms with Crippen LogP contribution in [0.4, 0.5) is 4.39 Å². The molecule has 0 spiro atoms. The van der Waals surface area contributed by atoms with E-state index in [1.807, 2.05) is 6.92 Å². The van der Waals surface area contributed by atoms with E-state index in [4.69, 9.17) is 11.6 Å². The lowest BCUT2D eigenvalue weighted by atomic mass is 10.1. The lowest BCUT2D eigenvalue weighted by Crippen LogP contribution is -2.25. The number of thioether (sulfide) groups is 1. The van der Waals surface area contributed by atoms with Crippen LogP contribution in [0.15, 0.2) is 76.7 Å². The maximum Gasteiger partial charge on any atom is 0.266 e. The van der Waals surface area contributed by atoms with Crippen molar-refractivity contribution in [3.63, 3.8) is 0 Å². The maximum absolute atomic E-state index is 13.5. The number of nitrogens with one attached hydrogen (secondary N) is 1. The second-order valence-corrected chi connectivity index (χ2v) is 9.10. The van der Waals surface area contributed by atoms with Gasteiger partial charge in [0.2, 0.25) is 0 Å². The van der Waals surface area contributed by atoms with Gasteiger partial charge >= 0.3 is 0 Å². The molecule has 0 radical (unpaired) electrons. The second-order valence-electron chi connectivity index (χ2n) is 7.72. The predicted octanol–water partition coefficient (Wildman–Crippen LogP) is 5.29. The van der Waals surface area contributed by atoms with Gasteiger partial charge in [-0.3, -0.25) is 19.0 Å². The Balaban J connectivity index is 1.77. The van der Waals surface area contributed by atoms with Crippen LogP contribution in [-0.4, -0.2) is 33.5 Å². The molecule has 0 saturated heterocycles. The Morgan fingerprint density at radius 1 is 1.06 bits per heavy atom. The summed E-state index contributed by atoms with van der Waals surface area (Å²) in [4.78, 5) is 43.3. The van der Waals surface area contributed by atoms with E-state index in [-0.39, 0.29) is 28.2 Å². The number of benzene rings is 3. The van der Waals surface area contributed by atoms with Gasteiger partial charge in [-0.05, 0) is 61.0 Å². The Kier molecular flexibility index (Phi) is 7.63. The Morgan fingerprint density at radius 2 is 1.83 bits per heavy atom. The third-order valence-corrected chi connectivity index (χ3v) is 6.37. The van der Waals surface area contributed by atoms with Crippen molar-refractivity contribution in [1.29, 1.82) is 0 Å². The molecule has 1 aromatic heterocycles. The molecule has 0 atom stereocenters. The van der Waals surface area contributed by atoms with Crippen LogP contribution in [-0.2, 0) is 0 Å². The molecule has 0 bridgehead atoms. The molecule has 1 amide bonds. The first-order valence-electron chi connectivity index (χ1n) is 10.9. The number of rotatable bonds is 8. The van der Waals surface area contributed by atoms with Gasteiger partial charge < -0.3 is 5.32 Å². The van der Waals surface area contributed by atoms with Crippen LogP contribution in [0.2, 0.25) is 5.02 Å². The normalized spacial score (nSPS) is 10.9. The summed E-state index contributed by atoms with van der Waals surface area (Å²) in [5.74, 6) is -0.895. The lowest BCUT2D eigenvalue weighted by molar-refractivity contribution is 0.0952. The van der Waals surface area contributed by atoms with Gasteiger partial charge in [-0.1, -0.05) is 42.4 Å². The van der Waals surface area contributed by atoms with E-state index in [2.05, 4.69) is 10.3 Å². The highest BCUT2D eigenvalue weighted by Gasteiger charge is 2.17. The van der Waals surface area contributed by atoms with E-state index in [1.165, 1.54) is 28.8 Å². The number of hydrogen-bond donors (Lipinski definition) is 1. The van der Waals surface area contributed by atoms with E-state index in [0.717, 1.165) is 18.2 Å². The first-order chi connectivity index (χ1) is 16.9. The summed E-state index contributed by atoms with van der Waals surface area (Å²) in [5.41, 5.74) is 1.17. The van der Waals surface area contributed by atoms with Gasteiger partial charge in [0.05, 0.1) is 22.3 Å². The van der Waals surface area contributed by atoms with Gasteiger partial charge in [-0.15, -0.1) is 0 Å². The minimum atomic E-state index is -0.441. The molecule has 6 nitrogen and oxygen atoms in total. The standard InChI is InChI=1S/C26H21ClFN3O3S/c1-2-12-29-24(33)17-6-11-21-22(14-17)30-26(31(25(21)34)20-9-7-19(28)8-10-20)35-15-23(32)16-4-3-5-18(27)13-16/h3-11,13-14H,2,12,15H2,1H3,(H,29,33). The minimum absolute atomic E-state index is 0.00381. The Bertz CT molecular complexity index is 1470. The molecule has 3 aromatic carbocycles. The van der Waals surface area contributed by atoms with Gasteiger partial charge in [-0.2, -0.15) is 0 Å². The van der Waals surface area contributed by atoms with Crippen molar-refractivity contribution in [2.24, 2.45) is 0 Å². The molecule has 1 heterocycles. The number of halogens is 2. The number of carbonyl (C=O) groups is 2. The average Bonchev–Trinajstić information content (AvgIpc) is 2.86. The summed E-state index contributed by atoms with van der Waals surface area (Å²) < 4.78 is 14.9. The maximum atomic E-state index is 13.5. The molecule has 4 aromatic rings. The fourth-order valence-electron chi connectivity index (χ4n) is 3.44. The summed E-state index contributed by atoms with van der Waals surface area (Å²) in [6.07, 6.45) is 0.793. The number of fused-ring (bicyclic) bond motifs is 1. The van der Waals surface area contributed by atoms with E-state index in [1.54, 1.807) is 42.5 Å². The highest BCUT2D eigenvalue weighted by molar-refractivity contribution is 7.99. The van der Waals surface area contributed by atoms with Gasteiger partial charge in [0, 0.05) is 22.7 Å². The van der Waals surface area contributed by atoms with Crippen molar-refractivity contribution in [2.45, 2.75) is 18.5 Å². The molecule has 0 fully saturated rings. The smallest absolute Gasteiger partial charge is 0.266 e.